The van der Waals surface area contributed by atoms with E-state index in [-0.39, 0.29) is 0 Å². The lowest BCUT2D eigenvalue weighted by molar-refractivity contribution is 1.16. The molecule has 0 amide bonds. The fraction of sp³-hybridized carbons (Fsp3) is 0.111. The van der Waals surface area contributed by atoms with Crippen molar-refractivity contribution in [1.29, 1.82) is 0 Å². The summed E-state index contributed by atoms with van der Waals surface area (Å²) in [6.07, 6.45) is 1.09. The van der Waals surface area contributed by atoms with E-state index in [0.29, 0.717) is 0 Å². The lowest BCUT2D eigenvalue weighted by Gasteiger charge is -2.03. The van der Waals surface area contributed by atoms with E-state index in [4.69, 9.17) is 0 Å². The van der Waals surface area contributed by atoms with Crippen LogP contribution in [0.4, 0.5) is 0 Å². The van der Waals surface area contributed by atoms with Gasteiger partial charge in [0.05, 0.1) is 0 Å². The third-order valence-corrected chi connectivity index (χ3v) is 4.97. The lowest BCUT2D eigenvalue weighted by atomic mass is 10.00. The summed E-state index contributed by atoms with van der Waals surface area (Å²) < 4.78 is 2.81. The highest BCUT2D eigenvalue weighted by Gasteiger charge is 2.10. The monoisotopic (exact) mass is 262 g/mol. The molecule has 0 unspecified atom stereocenters. The van der Waals surface area contributed by atoms with Crippen molar-refractivity contribution in [3.63, 3.8) is 0 Å². The van der Waals surface area contributed by atoms with Crippen molar-refractivity contribution in [3.05, 3.63) is 60.2 Å². The largest absolute Gasteiger partial charge is 0.135 e. The molecule has 0 radical (unpaired) electrons. The van der Waals surface area contributed by atoms with Crippen LogP contribution >= 0.6 is 11.3 Å². The molecule has 3 aromatic carbocycles. The first-order valence-electron chi connectivity index (χ1n) is 6.70. The SMILES string of the molecule is CCc1cccc2sc3ccc4ccccc4c3c12. The standard InChI is InChI=1S/C18H14S/c1-2-12-7-5-9-15-17(12)18-14-8-4-3-6-13(14)10-11-16(18)19-15/h3-11H,2H2,1H3. The Morgan fingerprint density at radius 3 is 2.53 bits per heavy atom. The molecule has 0 saturated heterocycles. The van der Waals surface area contributed by atoms with Crippen LogP contribution in [0.1, 0.15) is 12.5 Å². The zero-order chi connectivity index (χ0) is 12.8. The Morgan fingerprint density at radius 2 is 1.63 bits per heavy atom. The van der Waals surface area contributed by atoms with Gasteiger partial charge in [-0.3, -0.25) is 0 Å². The Kier molecular flexibility index (Phi) is 2.36. The van der Waals surface area contributed by atoms with Crippen LogP contribution in [0.15, 0.2) is 54.6 Å². The van der Waals surface area contributed by atoms with Gasteiger partial charge < -0.3 is 0 Å². The Hall–Kier alpha value is -1.86. The van der Waals surface area contributed by atoms with Crippen LogP contribution in [-0.2, 0) is 6.42 Å². The first-order valence-corrected chi connectivity index (χ1v) is 7.52. The van der Waals surface area contributed by atoms with Crippen molar-refractivity contribution >= 4 is 42.3 Å². The summed E-state index contributed by atoms with van der Waals surface area (Å²) in [7, 11) is 0. The van der Waals surface area contributed by atoms with Gasteiger partial charge in [0.2, 0.25) is 0 Å². The molecule has 1 aromatic heterocycles. The minimum absolute atomic E-state index is 1.09. The number of hydrogen-bond acceptors (Lipinski definition) is 1. The Bertz CT molecular complexity index is 899. The Morgan fingerprint density at radius 1 is 0.789 bits per heavy atom. The van der Waals surface area contributed by atoms with Crippen LogP contribution in [-0.4, -0.2) is 0 Å². The zero-order valence-electron chi connectivity index (χ0n) is 10.8. The molecule has 0 atom stereocenters. The molecule has 4 aromatic rings. The molecule has 19 heavy (non-hydrogen) atoms. The quantitative estimate of drug-likeness (QED) is 0.408. The second-order valence-corrected chi connectivity index (χ2v) is 5.99. The van der Waals surface area contributed by atoms with Gasteiger partial charge in [-0.15, -0.1) is 11.3 Å². The van der Waals surface area contributed by atoms with E-state index in [2.05, 4.69) is 61.5 Å². The molecule has 0 fully saturated rings. The van der Waals surface area contributed by atoms with Gasteiger partial charge in [0.1, 0.15) is 0 Å². The van der Waals surface area contributed by atoms with Gasteiger partial charge >= 0.3 is 0 Å². The van der Waals surface area contributed by atoms with E-state index in [0.717, 1.165) is 6.42 Å². The van der Waals surface area contributed by atoms with Gasteiger partial charge in [-0.25, -0.2) is 0 Å². The summed E-state index contributed by atoms with van der Waals surface area (Å²) in [5.41, 5.74) is 1.46. The third-order valence-electron chi connectivity index (χ3n) is 3.85. The van der Waals surface area contributed by atoms with Gasteiger partial charge in [-0.05, 0) is 34.9 Å². The van der Waals surface area contributed by atoms with E-state index in [1.807, 2.05) is 11.3 Å². The minimum Gasteiger partial charge on any atom is -0.135 e. The second-order valence-electron chi connectivity index (χ2n) is 4.91. The molecule has 0 aliphatic heterocycles. The van der Waals surface area contributed by atoms with Crippen LogP contribution in [0, 0.1) is 0 Å². The van der Waals surface area contributed by atoms with Crippen LogP contribution < -0.4 is 0 Å². The van der Waals surface area contributed by atoms with E-state index in [1.54, 1.807) is 0 Å². The van der Waals surface area contributed by atoms with Gasteiger partial charge in [0.25, 0.3) is 0 Å². The molecule has 0 bridgehead atoms. The van der Waals surface area contributed by atoms with E-state index in [1.165, 1.54) is 36.5 Å². The molecule has 1 heterocycles. The number of aryl methyl sites for hydroxylation is 1. The smallest absolute Gasteiger partial charge is 0.0361 e. The van der Waals surface area contributed by atoms with Crippen molar-refractivity contribution in [2.24, 2.45) is 0 Å². The van der Waals surface area contributed by atoms with E-state index >= 15 is 0 Å². The van der Waals surface area contributed by atoms with Crippen molar-refractivity contribution in [3.8, 4) is 0 Å². The molecule has 0 saturated carbocycles. The average molecular weight is 262 g/mol. The summed E-state index contributed by atoms with van der Waals surface area (Å²) in [6, 6.07) is 19.9. The molecule has 0 aliphatic rings. The molecule has 0 N–H and O–H groups in total. The molecular weight excluding hydrogens is 248 g/mol. The highest BCUT2D eigenvalue weighted by atomic mass is 32.1. The summed E-state index contributed by atoms with van der Waals surface area (Å²) in [4.78, 5) is 0. The molecule has 0 spiro atoms. The zero-order valence-corrected chi connectivity index (χ0v) is 11.6. The van der Waals surface area contributed by atoms with Crippen LogP contribution in [0.5, 0.6) is 0 Å². The summed E-state index contributed by atoms with van der Waals surface area (Å²) >= 11 is 1.91. The van der Waals surface area contributed by atoms with Crippen molar-refractivity contribution < 1.29 is 0 Å². The van der Waals surface area contributed by atoms with Crippen molar-refractivity contribution in [2.45, 2.75) is 13.3 Å². The average Bonchev–Trinajstić information content (AvgIpc) is 2.86. The first-order chi connectivity index (χ1) is 9.38. The fourth-order valence-electron chi connectivity index (χ4n) is 2.95. The van der Waals surface area contributed by atoms with Gasteiger partial charge in [-0.1, -0.05) is 49.4 Å². The molecule has 4 rings (SSSR count). The number of hydrogen-bond donors (Lipinski definition) is 0. The number of fused-ring (bicyclic) bond motifs is 5. The predicted molar refractivity (Wildman–Crippen MR) is 86.2 cm³/mol. The number of rotatable bonds is 1. The van der Waals surface area contributed by atoms with Crippen molar-refractivity contribution in [2.75, 3.05) is 0 Å². The summed E-state index contributed by atoms with van der Waals surface area (Å²) in [5, 5.41) is 5.62. The fourth-order valence-corrected chi connectivity index (χ4v) is 4.12. The lowest BCUT2D eigenvalue weighted by Crippen LogP contribution is -1.81. The Labute approximate surface area is 116 Å². The molecule has 0 nitrogen and oxygen atoms in total. The van der Waals surface area contributed by atoms with Crippen molar-refractivity contribution in [1.82, 2.24) is 0 Å². The molecule has 1 heteroatoms. The van der Waals surface area contributed by atoms with E-state index < -0.39 is 0 Å². The summed E-state index contributed by atoms with van der Waals surface area (Å²) in [5.74, 6) is 0. The van der Waals surface area contributed by atoms with Gasteiger partial charge in [0, 0.05) is 20.2 Å². The highest BCUT2D eigenvalue weighted by molar-refractivity contribution is 7.26. The normalized spacial score (nSPS) is 11.6. The molecule has 0 aliphatic carbocycles. The van der Waals surface area contributed by atoms with Crippen LogP contribution in [0.3, 0.4) is 0 Å². The van der Waals surface area contributed by atoms with Crippen LogP contribution in [0.25, 0.3) is 30.9 Å². The summed E-state index contributed by atoms with van der Waals surface area (Å²) in [6.45, 7) is 2.24. The van der Waals surface area contributed by atoms with E-state index in [9.17, 15) is 0 Å². The second kappa shape index (κ2) is 4.07. The Balaban J connectivity index is 2.34. The predicted octanol–water partition coefficient (Wildman–Crippen LogP) is 5.77. The first kappa shape index (κ1) is 11.0. The number of thiophene rings is 1. The molecular formula is C18H14S. The minimum atomic E-state index is 1.09. The van der Waals surface area contributed by atoms with Gasteiger partial charge in [0.15, 0.2) is 0 Å². The van der Waals surface area contributed by atoms with Gasteiger partial charge in [-0.2, -0.15) is 0 Å². The van der Waals surface area contributed by atoms with Crippen LogP contribution in [0.2, 0.25) is 0 Å². The maximum atomic E-state index is 2.27. The number of benzene rings is 3. The molecule has 92 valence electrons. The topological polar surface area (TPSA) is 0 Å². The maximum absolute atomic E-state index is 2.27. The third kappa shape index (κ3) is 1.52. The maximum Gasteiger partial charge on any atom is 0.0361 e. The highest BCUT2D eigenvalue weighted by Crippen LogP contribution is 2.40.